The van der Waals surface area contributed by atoms with Crippen molar-refractivity contribution in [3.8, 4) is 16.9 Å². The molecule has 3 atom stereocenters. The third kappa shape index (κ3) is 4.93. The molecule has 160 valence electrons. The van der Waals surface area contributed by atoms with Crippen LogP contribution < -0.4 is 21.1 Å². The van der Waals surface area contributed by atoms with Gasteiger partial charge in [-0.15, -0.1) is 0 Å². The second-order valence-electron chi connectivity index (χ2n) is 8.07. The summed E-state index contributed by atoms with van der Waals surface area (Å²) in [6, 6.07) is 19.6. The molecule has 1 saturated heterocycles. The lowest BCUT2D eigenvalue weighted by atomic mass is 9.94. The highest BCUT2D eigenvalue weighted by atomic mass is 16.5. The maximum atomic E-state index is 12.9. The summed E-state index contributed by atoms with van der Waals surface area (Å²) >= 11 is 0. The average molecular weight is 417 g/mol. The minimum atomic E-state index is -0.224. The smallest absolute Gasteiger partial charge is 0.181 e. The van der Waals surface area contributed by atoms with Crippen molar-refractivity contribution in [2.45, 2.75) is 38.6 Å². The van der Waals surface area contributed by atoms with Crippen LogP contribution in [0.5, 0.6) is 5.75 Å². The van der Waals surface area contributed by atoms with Crippen molar-refractivity contribution in [3.05, 3.63) is 78.0 Å². The lowest BCUT2D eigenvalue weighted by Gasteiger charge is -2.34. The van der Waals surface area contributed by atoms with Gasteiger partial charge < -0.3 is 21.1 Å². The summed E-state index contributed by atoms with van der Waals surface area (Å²) < 4.78 is 5.89. The zero-order valence-electron chi connectivity index (χ0n) is 17.8. The number of Topliss-reactive ketones (excluding diaryl/α,β-unsaturated/α-hetero) is 1. The SMILES string of the molecule is CC1CNC(C(=O)c2ccc(-c3cnc(N)c(OCc4ccccc4)c3)cc2)C(C)N1. The quantitative estimate of drug-likeness (QED) is 0.534. The molecule has 2 aromatic carbocycles. The first-order valence-corrected chi connectivity index (χ1v) is 10.6. The standard InChI is InChI=1S/C25H28N4O2/c1-16-13-27-23(17(2)29-16)24(30)20-10-8-19(9-11-20)21-12-22(25(26)28-14-21)31-15-18-6-4-3-5-7-18/h3-12,14,16-17,23,27,29H,13,15H2,1-2H3,(H2,26,28). The number of nitrogens with two attached hydrogens (primary N) is 1. The topological polar surface area (TPSA) is 89.3 Å². The Bertz CT molecular complexity index is 1040. The molecule has 0 amide bonds. The summed E-state index contributed by atoms with van der Waals surface area (Å²) in [6.07, 6.45) is 1.72. The van der Waals surface area contributed by atoms with Gasteiger partial charge in [0.05, 0.1) is 6.04 Å². The van der Waals surface area contributed by atoms with Gasteiger partial charge in [0.15, 0.2) is 17.4 Å². The molecular formula is C25H28N4O2. The van der Waals surface area contributed by atoms with Crippen LogP contribution in [0.2, 0.25) is 0 Å². The molecule has 1 fully saturated rings. The van der Waals surface area contributed by atoms with Crippen LogP contribution in [0, 0.1) is 0 Å². The molecule has 0 spiro atoms. The number of anilines is 1. The number of benzene rings is 2. The highest BCUT2D eigenvalue weighted by molar-refractivity contribution is 6.01. The molecule has 31 heavy (non-hydrogen) atoms. The van der Waals surface area contributed by atoms with Crippen LogP contribution in [0.1, 0.15) is 29.8 Å². The number of carbonyl (C=O) groups is 1. The van der Waals surface area contributed by atoms with E-state index in [1.807, 2.05) is 67.6 Å². The molecule has 0 aliphatic carbocycles. The Morgan fingerprint density at radius 2 is 1.84 bits per heavy atom. The summed E-state index contributed by atoms with van der Waals surface area (Å²) in [7, 11) is 0. The largest absolute Gasteiger partial charge is 0.485 e. The molecule has 1 aliphatic rings. The van der Waals surface area contributed by atoms with Crippen molar-refractivity contribution < 1.29 is 9.53 Å². The fraction of sp³-hybridized carbons (Fsp3) is 0.280. The van der Waals surface area contributed by atoms with E-state index in [1.165, 1.54) is 0 Å². The number of carbonyl (C=O) groups excluding carboxylic acids is 1. The number of piperazine rings is 1. The molecule has 0 radical (unpaired) electrons. The molecule has 3 unspecified atom stereocenters. The third-order valence-corrected chi connectivity index (χ3v) is 5.60. The minimum absolute atomic E-state index is 0.0848. The molecule has 4 rings (SSSR count). The second-order valence-corrected chi connectivity index (χ2v) is 8.07. The number of nitrogens with zero attached hydrogens (tertiary/aromatic N) is 1. The summed E-state index contributed by atoms with van der Waals surface area (Å²) in [6.45, 7) is 5.35. The van der Waals surface area contributed by atoms with E-state index in [4.69, 9.17) is 10.5 Å². The molecule has 2 heterocycles. The molecule has 1 aliphatic heterocycles. The monoisotopic (exact) mass is 416 g/mol. The van der Waals surface area contributed by atoms with Crippen molar-refractivity contribution >= 4 is 11.6 Å². The number of nitrogens with one attached hydrogen (secondary N) is 2. The van der Waals surface area contributed by atoms with Crippen LogP contribution in [0.3, 0.4) is 0 Å². The van der Waals surface area contributed by atoms with Crippen LogP contribution in [0.4, 0.5) is 5.82 Å². The van der Waals surface area contributed by atoms with Crippen LogP contribution >= 0.6 is 0 Å². The Hall–Kier alpha value is -3.22. The predicted molar refractivity (Wildman–Crippen MR) is 123 cm³/mol. The zero-order valence-corrected chi connectivity index (χ0v) is 17.8. The second kappa shape index (κ2) is 9.29. The number of ketones is 1. The fourth-order valence-electron chi connectivity index (χ4n) is 3.87. The number of pyridine rings is 1. The number of hydrogen-bond donors (Lipinski definition) is 3. The normalized spacial score (nSPS) is 20.9. The van der Waals surface area contributed by atoms with Gasteiger partial charge in [0.2, 0.25) is 0 Å². The highest BCUT2D eigenvalue weighted by Gasteiger charge is 2.30. The number of hydrogen-bond acceptors (Lipinski definition) is 6. The molecule has 0 saturated carbocycles. The highest BCUT2D eigenvalue weighted by Crippen LogP contribution is 2.28. The number of nitrogen functional groups attached to an aromatic ring is 1. The Morgan fingerprint density at radius 1 is 1.10 bits per heavy atom. The molecule has 4 N–H and O–H groups in total. The van der Waals surface area contributed by atoms with E-state index in [9.17, 15) is 4.79 Å². The maximum absolute atomic E-state index is 12.9. The van der Waals surface area contributed by atoms with Gasteiger partial charge in [-0.3, -0.25) is 4.79 Å². The predicted octanol–water partition coefficient (Wildman–Crippen LogP) is 3.43. The molecule has 6 heteroatoms. The average Bonchev–Trinajstić information content (AvgIpc) is 2.79. The molecule has 1 aromatic heterocycles. The fourth-order valence-corrected chi connectivity index (χ4v) is 3.87. The van der Waals surface area contributed by atoms with Crippen molar-refractivity contribution in [1.82, 2.24) is 15.6 Å². The number of aromatic nitrogens is 1. The van der Waals surface area contributed by atoms with Gasteiger partial charge in [-0.1, -0.05) is 54.6 Å². The van der Waals surface area contributed by atoms with Gasteiger partial charge in [0.25, 0.3) is 0 Å². The van der Waals surface area contributed by atoms with Crippen LogP contribution in [-0.4, -0.2) is 35.4 Å². The van der Waals surface area contributed by atoms with Crippen LogP contribution in [0.25, 0.3) is 11.1 Å². The zero-order chi connectivity index (χ0) is 21.8. The van der Waals surface area contributed by atoms with E-state index >= 15 is 0 Å². The molecule has 3 aromatic rings. The molecule has 0 bridgehead atoms. The Balaban J connectivity index is 1.48. The van der Waals surface area contributed by atoms with E-state index in [2.05, 4.69) is 22.5 Å². The first-order chi connectivity index (χ1) is 15.0. The van der Waals surface area contributed by atoms with E-state index in [0.29, 0.717) is 29.8 Å². The summed E-state index contributed by atoms with van der Waals surface area (Å²) in [4.78, 5) is 17.2. The lowest BCUT2D eigenvalue weighted by molar-refractivity contribution is 0.0901. The van der Waals surface area contributed by atoms with Gasteiger partial charge in [-0.2, -0.15) is 0 Å². The molecule has 6 nitrogen and oxygen atoms in total. The summed E-state index contributed by atoms with van der Waals surface area (Å²) in [5, 5.41) is 6.79. The molecular weight excluding hydrogens is 388 g/mol. The van der Waals surface area contributed by atoms with E-state index in [1.54, 1.807) is 6.20 Å². The Labute approximate surface area is 182 Å². The first-order valence-electron chi connectivity index (χ1n) is 10.6. The van der Waals surface area contributed by atoms with Crippen molar-refractivity contribution in [1.29, 1.82) is 0 Å². The number of ether oxygens (including phenoxy) is 1. The van der Waals surface area contributed by atoms with Gasteiger partial charge in [-0.25, -0.2) is 4.98 Å². The third-order valence-electron chi connectivity index (χ3n) is 5.60. The maximum Gasteiger partial charge on any atom is 0.181 e. The van der Waals surface area contributed by atoms with E-state index in [-0.39, 0.29) is 17.9 Å². The summed E-state index contributed by atoms with van der Waals surface area (Å²) in [5.74, 6) is 0.994. The van der Waals surface area contributed by atoms with E-state index in [0.717, 1.165) is 23.2 Å². The van der Waals surface area contributed by atoms with Crippen molar-refractivity contribution in [2.75, 3.05) is 12.3 Å². The van der Waals surface area contributed by atoms with Crippen LogP contribution in [-0.2, 0) is 6.61 Å². The Kier molecular flexibility index (Phi) is 6.30. The minimum Gasteiger partial charge on any atom is -0.485 e. The lowest BCUT2D eigenvalue weighted by Crippen LogP contribution is -2.61. The van der Waals surface area contributed by atoms with Gasteiger partial charge >= 0.3 is 0 Å². The van der Waals surface area contributed by atoms with Crippen molar-refractivity contribution in [2.24, 2.45) is 0 Å². The van der Waals surface area contributed by atoms with Crippen molar-refractivity contribution in [3.63, 3.8) is 0 Å². The van der Waals surface area contributed by atoms with Gasteiger partial charge in [-0.05, 0) is 31.0 Å². The van der Waals surface area contributed by atoms with Crippen LogP contribution in [0.15, 0.2) is 66.9 Å². The Morgan fingerprint density at radius 3 is 2.55 bits per heavy atom. The van der Waals surface area contributed by atoms with Gasteiger partial charge in [0.1, 0.15) is 6.61 Å². The number of rotatable bonds is 6. The van der Waals surface area contributed by atoms with Gasteiger partial charge in [0, 0.05) is 36.0 Å². The first kappa shape index (κ1) is 21.0. The summed E-state index contributed by atoms with van der Waals surface area (Å²) in [5.41, 5.74) is 9.59. The van der Waals surface area contributed by atoms with E-state index < -0.39 is 0 Å².